The van der Waals surface area contributed by atoms with Gasteiger partial charge in [-0.3, -0.25) is 0 Å². The maximum Gasteiger partial charge on any atom is 0.186 e. The van der Waals surface area contributed by atoms with Crippen LogP contribution in [-0.2, 0) is 6.54 Å². The fourth-order valence-corrected chi connectivity index (χ4v) is 2.57. The molecule has 0 aliphatic heterocycles. The molecule has 0 amide bonds. The molecule has 0 aliphatic carbocycles. The minimum Gasteiger partial charge on any atom is -0.375 e. The first-order chi connectivity index (χ1) is 11.3. The van der Waals surface area contributed by atoms with E-state index >= 15 is 0 Å². The van der Waals surface area contributed by atoms with Crippen molar-refractivity contribution in [2.24, 2.45) is 0 Å². The van der Waals surface area contributed by atoms with Crippen molar-refractivity contribution < 1.29 is 0 Å². The Balaban J connectivity index is 1.71. The number of hydrogen-bond donors (Lipinski definition) is 2. The van der Waals surface area contributed by atoms with Gasteiger partial charge < -0.3 is 10.3 Å². The van der Waals surface area contributed by atoms with Crippen LogP contribution in [-0.4, -0.2) is 20.2 Å². The van der Waals surface area contributed by atoms with Gasteiger partial charge in [-0.15, -0.1) is 10.2 Å². The molecule has 110 valence electrons. The number of anilines is 1. The molecule has 4 rings (SSSR count). The predicted octanol–water partition coefficient (Wildman–Crippen LogP) is 2.99. The van der Waals surface area contributed by atoms with Gasteiger partial charge in [0.05, 0.1) is 28.8 Å². The van der Waals surface area contributed by atoms with E-state index in [-0.39, 0.29) is 5.69 Å². The molecule has 2 aromatic heterocycles. The number of rotatable bonds is 3. The maximum atomic E-state index is 9.27. The molecule has 2 N–H and O–H groups in total. The highest BCUT2D eigenvalue weighted by molar-refractivity contribution is 5.92. The lowest BCUT2D eigenvalue weighted by Gasteiger charge is -2.08. The van der Waals surface area contributed by atoms with Gasteiger partial charge in [0, 0.05) is 5.39 Å². The molecule has 0 aliphatic rings. The molecule has 0 spiro atoms. The van der Waals surface area contributed by atoms with E-state index in [0.29, 0.717) is 12.2 Å². The lowest BCUT2D eigenvalue weighted by Crippen LogP contribution is -2.05. The van der Waals surface area contributed by atoms with Crippen molar-refractivity contribution in [3.63, 3.8) is 0 Å². The van der Waals surface area contributed by atoms with Gasteiger partial charge in [-0.25, -0.2) is 4.98 Å². The first-order valence-electron chi connectivity index (χ1n) is 7.18. The lowest BCUT2D eigenvalue weighted by molar-refractivity contribution is 0.994. The number of H-pyrrole nitrogens is 1. The maximum absolute atomic E-state index is 9.27. The summed E-state index contributed by atoms with van der Waals surface area (Å²) >= 11 is 0. The van der Waals surface area contributed by atoms with Crippen LogP contribution in [0, 0.1) is 11.3 Å². The normalized spacial score (nSPS) is 10.7. The molecular formula is C17H12N6. The van der Waals surface area contributed by atoms with E-state index in [9.17, 15) is 5.26 Å². The average Bonchev–Trinajstić information content (AvgIpc) is 3.02. The van der Waals surface area contributed by atoms with Crippen molar-refractivity contribution in [2.45, 2.75) is 6.54 Å². The third-order valence-electron chi connectivity index (χ3n) is 3.64. The summed E-state index contributed by atoms with van der Waals surface area (Å²) in [5, 5.41) is 21.5. The number of aromatic amines is 1. The van der Waals surface area contributed by atoms with Gasteiger partial charge in [-0.2, -0.15) is 5.26 Å². The number of nitrogens with one attached hydrogen (secondary N) is 2. The molecular weight excluding hydrogens is 288 g/mol. The Morgan fingerprint density at radius 1 is 1.00 bits per heavy atom. The SMILES string of the molecule is N#Cc1nnc2ccccc2c1NCc1nc2ccccc2[nH]1. The summed E-state index contributed by atoms with van der Waals surface area (Å²) in [5.74, 6) is 0.802. The first kappa shape index (κ1) is 13.2. The molecule has 0 fully saturated rings. The molecule has 0 unspecified atom stereocenters. The molecule has 0 saturated heterocycles. The molecule has 23 heavy (non-hydrogen) atoms. The second-order valence-corrected chi connectivity index (χ2v) is 5.11. The first-order valence-corrected chi connectivity index (χ1v) is 7.18. The Kier molecular flexibility index (Phi) is 3.10. The van der Waals surface area contributed by atoms with Crippen molar-refractivity contribution in [1.82, 2.24) is 20.2 Å². The van der Waals surface area contributed by atoms with Crippen LogP contribution in [0.15, 0.2) is 48.5 Å². The van der Waals surface area contributed by atoms with Gasteiger partial charge in [0.2, 0.25) is 0 Å². The summed E-state index contributed by atoms with van der Waals surface area (Å²) in [5.41, 5.74) is 3.61. The molecule has 0 radical (unpaired) electrons. The van der Waals surface area contributed by atoms with E-state index in [0.717, 1.165) is 27.8 Å². The average molecular weight is 300 g/mol. The van der Waals surface area contributed by atoms with E-state index in [1.807, 2.05) is 48.5 Å². The van der Waals surface area contributed by atoms with Crippen LogP contribution >= 0.6 is 0 Å². The van der Waals surface area contributed by atoms with Crippen LogP contribution in [0.5, 0.6) is 0 Å². The molecule has 6 heteroatoms. The van der Waals surface area contributed by atoms with Crippen LogP contribution in [0.1, 0.15) is 11.5 Å². The van der Waals surface area contributed by atoms with Gasteiger partial charge in [0.1, 0.15) is 11.9 Å². The Labute approximate surface area is 131 Å². The summed E-state index contributed by atoms with van der Waals surface area (Å²) in [6, 6.07) is 17.5. The Morgan fingerprint density at radius 2 is 1.78 bits per heavy atom. The minimum absolute atomic E-state index is 0.278. The van der Waals surface area contributed by atoms with Crippen LogP contribution in [0.3, 0.4) is 0 Å². The van der Waals surface area contributed by atoms with E-state index in [2.05, 4.69) is 31.6 Å². The standard InChI is InChI=1S/C17H12N6/c18-9-15-17(11-5-1-2-6-12(11)22-23-15)19-10-16-20-13-7-3-4-8-14(13)21-16/h1-8H,10H2,(H,19,22)(H,20,21). The van der Waals surface area contributed by atoms with Crippen molar-refractivity contribution in [3.05, 3.63) is 60.0 Å². The van der Waals surface area contributed by atoms with Gasteiger partial charge in [0.15, 0.2) is 5.69 Å². The molecule has 0 saturated carbocycles. The van der Waals surface area contributed by atoms with Gasteiger partial charge >= 0.3 is 0 Å². The van der Waals surface area contributed by atoms with Gasteiger partial charge in [-0.05, 0) is 18.2 Å². The zero-order chi connectivity index (χ0) is 15.6. The van der Waals surface area contributed by atoms with Gasteiger partial charge in [-0.1, -0.05) is 30.3 Å². The molecule has 2 heterocycles. The molecule has 0 atom stereocenters. The smallest absolute Gasteiger partial charge is 0.186 e. The number of nitrogens with zero attached hydrogens (tertiary/aromatic N) is 4. The monoisotopic (exact) mass is 300 g/mol. The number of benzene rings is 2. The summed E-state index contributed by atoms with van der Waals surface area (Å²) in [6.07, 6.45) is 0. The summed E-state index contributed by atoms with van der Waals surface area (Å²) in [4.78, 5) is 7.79. The van der Waals surface area contributed by atoms with Crippen molar-refractivity contribution >= 4 is 27.6 Å². The highest BCUT2D eigenvalue weighted by Crippen LogP contribution is 2.24. The van der Waals surface area contributed by atoms with Crippen LogP contribution < -0.4 is 5.32 Å². The molecule has 4 aromatic rings. The lowest BCUT2D eigenvalue weighted by atomic mass is 10.1. The van der Waals surface area contributed by atoms with E-state index in [1.165, 1.54) is 0 Å². The topological polar surface area (TPSA) is 90.3 Å². The molecule has 0 bridgehead atoms. The number of nitriles is 1. The Morgan fingerprint density at radius 3 is 2.61 bits per heavy atom. The van der Waals surface area contributed by atoms with Crippen molar-refractivity contribution in [3.8, 4) is 6.07 Å². The number of fused-ring (bicyclic) bond motifs is 2. The number of hydrogen-bond acceptors (Lipinski definition) is 5. The Bertz CT molecular complexity index is 1010. The van der Waals surface area contributed by atoms with Gasteiger partial charge in [0.25, 0.3) is 0 Å². The minimum atomic E-state index is 0.278. The molecule has 6 nitrogen and oxygen atoms in total. The fourth-order valence-electron chi connectivity index (χ4n) is 2.57. The van der Waals surface area contributed by atoms with E-state index in [4.69, 9.17) is 0 Å². The summed E-state index contributed by atoms with van der Waals surface area (Å²) < 4.78 is 0. The number of imidazole rings is 1. The van der Waals surface area contributed by atoms with Crippen LogP contribution in [0.2, 0.25) is 0 Å². The summed E-state index contributed by atoms with van der Waals surface area (Å²) in [7, 11) is 0. The third-order valence-corrected chi connectivity index (χ3v) is 3.64. The second kappa shape index (κ2) is 5.39. The highest BCUT2D eigenvalue weighted by atomic mass is 15.1. The number of para-hydroxylation sites is 2. The van der Waals surface area contributed by atoms with Crippen LogP contribution in [0.25, 0.3) is 21.9 Å². The largest absolute Gasteiger partial charge is 0.375 e. The van der Waals surface area contributed by atoms with E-state index in [1.54, 1.807) is 0 Å². The second-order valence-electron chi connectivity index (χ2n) is 5.11. The zero-order valence-electron chi connectivity index (χ0n) is 12.1. The van der Waals surface area contributed by atoms with Crippen LogP contribution in [0.4, 0.5) is 5.69 Å². The van der Waals surface area contributed by atoms with Crippen molar-refractivity contribution in [1.29, 1.82) is 5.26 Å². The van der Waals surface area contributed by atoms with E-state index < -0.39 is 0 Å². The Hall–Kier alpha value is -3.46. The number of aromatic nitrogens is 4. The summed E-state index contributed by atoms with van der Waals surface area (Å²) in [6.45, 7) is 0.471. The van der Waals surface area contributed by atoms with Crippen molar-refractivity contribution in [2.75, 3.05) is 5.32 Å². The fraction of sp³-hybridized carbons (Fsp3) is 0.0588. The zero-order valence-corrected chi connectivity index (χ0v) is 12.1. The highest BCUT2D eigenvalue weighted by Gasteiger charge is 2.11. The molecule has 2 aromatic carbocycles. The third kappa shape index (κ3) is 2.34. The quantitative estimate of drug-likeness (QED) is 0.607. The predicted molar refractivity (Wildman–Crippen MR) is 87.7 cm³/mol.